The molecular weight excluding hydrogens is 348 g/mol. The monoisotopic (exact) mass is 364 g/mol. The molecule has 126 valence electrons. The predicted octanol–water partition coefficient (Wildman–Crippen LogP) is 3.38. The van der Waals surface area contributed by atoms with Gasteiger partial charge < -0.3 is 5.32 Å². The number of carbonyl (C=O) groups is 1. The summed E-state index contributed by atoms with van der Waals surface area (Å²) < 4.78 is 26.3. The fourth-order valence-corrected chi connectivity index (χ4v) is 3.95. The first-order valence-electron chi connectivity index (χ1n) is 7.53. The third-order valence-electron chi connectivity index (χ3n) is 3.94. The molecule has 1 aliphatic carbocycles. The second-order valence-electron chi connectivity index (χ2n) is 5.74. The van der Waals surface area contributed by atoms with Crippen LogP contribution in [0.15, 0.2) is 53.4 Å². The summed E-state index contributed by atoms with van der Waals surface area (Å²) in [5.41, 5.74) is 0.959. The topological polar surface area (TPSA) is 66.5 Å². The van der Waals surface area contributed by atoms with Crippen LogP contribution in [-0.4, -0.2) is 31.7 Å². The Balaban J connectivity index is 1.75. The molecule has 3 rings (SSSR count). The normalized spacial score (nSPS) is 14.6. The minimum absolute atomic E-state index is 0.0980. The van der Waals surface area contributed by atoms with Crippen molar-refractivity contribution in [3.05, 3.63) is 59.1 Å². The molecule has 0 unspecified atom stereocenters. The average molecular weight is 365 g/mol. The Kier molecular flexibility index (Phi) is 4.62. The van der Waals surface area contributed by atoms with Gasteiger partial charge in [0.05, 0.1) is 4.90 Å². The van der Waals surface area contributed by atoms with Gasteiger partial charge in [0, 0.05) is 29.4 Å². The van der Waals surface area contributed by atoms with Gasteiger partial charge in [-0.2, -0.15) is 4.31 Å². The highest BCUT2D eigenvalue weighted by molar-refractivity contribution is 7.89. The molecule has 0 atom stereocenters. The molecule has 0 saturated heterocycles. The molecule has 0 spiro atoms. The van der Waals surface area contributed by atoms with Crippen LogP contribution in [0.5, 0.6) is 0 Å². The van der Waals surface area contributed by atoms with Crippen LogP contribution in [0.1, 0.15) is 23.2 Å². The zero-order valence-electron chi connectivity index (χ0n) is 13.1. The molecule has 1 fully saturated rings. The standard InChI is InChI=1S/C17H17ClN2O3S/c1-20(15-7-8-15)24(22,23)16-9-5-12(6-10-16)17(21)19-14-4-2-3-13(18)11-14/h2-6,9-11,15H,7-8H2,1H3,(H,19,21). The van der Waals surface area contributed by atoms with E-state index in [-0.39, 0.29) is 16.8 Å². The maximum atomic E-state index is 12.4. The summed E-state index contributed by atoms with van der Waals surface area (Å²) in [4.78, 5) is 12.4. The molecule has 2 aromatic rings. The minimum atomic E-state index is -3.50. The Morgan fingerprint density at radius 3 is 2.42 bits per heavy atom. The van der Waals surface area contributed by atoms with Crippen LogP contribution in [0, 0.1) is 0 Å². The van der Waals surface area contributed by atoms with E-state index < -0.39 is 10.0 Å². The smallest absolute Gasteiger partial charge is 0.255 e. The van der Waals surface area contributed by atoms with E-state index in [1.165, 1.54) is 28.6 Å². The van der Waals surface area contributed by atoms with Crippen molar-refractivity contribution in [1.82, 2.24) is 4.31 Å². The van der Waals surface area contributed by atoms with Gasteiger partial charge in [-0.1, -0.05) is 17.7 Å². The van der Waals surface area contributed by atoms with E-state index in [0.29, 0.717) is 16.3 Å². The van der Waals surface area contributed by atoms with E-state index in [2.05, 4.69) is 5.32 Å². The van der Waals surface area contributed by atoms with E-state index in [0.717, 1.165) is 12.8 Å². The number of nitrogens with one attached hydrogen (secondary N) is 1. The van der Waals surface area contributed by atoms with Gasteiger partial charge in [-0.05, 0) is 55.3 Å². The van der Waals surface area contributed by atoms with Gasteiger partial charge in [0.15, 0.2) is 0 Å². The molecule has 0 aromatic heterocycles. The molecule has 1 aliphatic rings. The van der Waals surface area contributed by atoms with Crippen LogP contribution in [-0.2, 0) is 10.0 Å². The lowest BCUT2D eigenvalue weighted by Gasteiger charge is -2.16. The van der Waals surface area contributed by atoms with Crippen molar-refractivity contribution in [2.24, 2.45) is 0 Å². The number of nitrogens with zero attached hydrogens (tertiary/aromatic N) is 1. The number of hydrogen-bond donors (Lipinski definition) is 1. The van der Waals surface area contributed by atoms with E-state index in [1.807, 2.05) is 0 Å². The fraction of sp³-hybridized carbons (Fsp3) is 0.235. The molecule has 1 N–H and O–H groups in total. The molecule has 7 heteroatoms. The first kappa shape index (κ1) is 17.0. The van der Waals surface area contributed by atoms with E-state index >= 15 is 0 Å². The molecule has 1 saturated carbocycles. The maximum Gasteiger partial charge on any atom is 0.255 e. The molecule has 0 aliphatic heterocycles. The van der Waals surface area contributed by atoms with Crippen molar-refractivity contribution < 1.29 is 13.2 Å². The Hall–Kier alpha value is -1.89. The third-order valence-corrected chi connectivity index (χ3v) is 6.10. The van der Waals surface area contributed by atoms with Crippen LogP contribution in [0.3, 0.4) is 0 Å². The van der Waals surface area contributed by atoms with Gasteiger partial charge in [0.25, 0.3) is 5.91 Å². The van der Waals surface area contributed by atoms with Crippen molar-refractivity contribution in [1.29, 1.82) is 0 Å². The number of sulfonamides is 1. The summed E-state index contributed by atoms with van der Waals surface area (Å²) in [7, 11) is -1.91. The lowest BCUT2D eigenvalue weighted by Crippen LogP contribution is -2.29. The average Bonchev–Trinajstić information content (AvgIpc) is 3.39. The molecular formula is C17H17ClN2O3S. The SMILES string of the molecule is CN(C1CC1)S(=O)(=O)c1ccc(C(=O)Nc2cccc(Cl)c2)cc1. The summed E-state index contributed by atoms with van der Waals surface area (Å²) in [6.45, 7) is 0. The summed E-state index contributed by atoms with van der Waals surface area (Å²) in [6.07, 6.45) is 1.80. The summed E-state index contributed by atoms with van der Waals surface area (Å²) in [6, 6.07) is 12.9. The van der Waals surface area contributed by atoms with Gasteiger partial charge >= 0.3 is 0 Å². The number of hydrogen-bond acceptors (Lipinski definition) is 3. The number of amides is 1. The Morgan fingerprint density at radius 1 is 1.17 bits per heavy atom. The highest BCUT2D eigenvalue weighted by atomic mass is 35.5. The first-order valence-corrected chi connectivity index (χ1v) is 9.35. The van der Waals surface area contributed by atoms with Gasteiger partial charge in [0.2, 0.25) is 10.0 Å². The number of anilines is 1. The number of rotatable bonds is 5. The highest BCUT2D eigenvalue weighted by Gasteiger charge is 2.34. The predicted molar refractivity (Wildman–Crippen MR) is 93.8 cm³/mol. The Morgan fingerprint density at radius 2 is 1.83 bits per heavy atom. The van der Waals surface area contributed by atoms with Crippen molar-refractivity contribution in [3.63, 3.8) is 0 Å². The van der Waals surface area contributed by atoms with Crippen LogP contribution in [0.4, 0.5) is 5.69 Å². The Bertz CT molecular complexity index is 862. The van der Waals surface area contributed by atoms with Crippen LogP contribution < -0.4 is 5.32 Å². The number of halogens is 1. The van der Waals surface area contributed by atoms with Crippen LogP contribution in [0.25, 0.3) is 0 Å². The van der Waals surface area contributed by atoms with Gasteiger partial charge in [-0.3, -0.25) is 4.79 Å². The maximum absolute atomic E-state index is 12.4. The molecule has 24 heavy (non-hydrogen) atoms. The van der Waals surface area contributed by atoms with E-state index in [1.54, 1.807) is 31.3 Å². The lowest BCUT2D eigenvalue weighted by atomic mass is 10.2. The van der Waals surface area contributed by atoms with Crippen molar-refractivity contribution in [2.75, 3.05) is 12.4 Å². The van der Waals surface area contributed by atoms with E-state index in [9.17, 15) is 13.2 Å². The lowest BCUT2D eigenvalue weighted by molar-refractivity contribution is 0.102. The van der Waals surface area contributed by atoms with Crippen LogP contribution in [0.2, 0.25) is 5.02 Å². The van der Waals surface area contributed by atoms with Gasteiger partial charge in [0.1, 0.15) is 0 Å². The molecule has 5 nitrogen and oxygen atoms in total. The molecule has 2 aromatic carbocycles. The van der Waals surface area contributed by atoms with Crippen molar-refractivity contribution in [2.45, 2.75) is 23.8 Å². The second-order valence-corrected chi connectivity index (χ2v) is 8.18. The zero-order chi connectivity index (χ0) is 17.3. The number of benzene rings is 2. The highest BCUT2D eigenvalue weighted by Crippen LogP contribution is 2.30. The fourth-order valence-electron chi connectivity index (χ4n) is 2.35. The van der Waals surface area contributed by atoms with Gasteiger partial charge in [-0.15, -0.1) is 0 Å². The minimum Gasteiger partial charge on any atom is -0.322 e. The van der Waals surface area contributed by atoms with Crippen molar-refractivity contribution >= 4 is 33.2 Å². The Labute approximate surface area is 146 Å². The summed E-state index contributed by atoms with van der Waals surface area (Å²) in [5.74, 6) is -0.322. The quantitative estimate of drug-likeness (QED) is 0.884. The van der Waals surface area contributed by atoms with Gasteiger partial charge in [-0.25, -0.2) is 8.42 Å². The molecule has 0 heterocycles. The largest absolute Gasteiger partial charge is 0.322 e. The molecule has 1 amide bonds. The van der Waals surface area contributed by atoms with E-state index in [4.69, 9.17) is 11.6 Å². The third kappa shape index (κ3) is 3.61. The van der Waals surface area contributed by atoms with Crippen LogP contribution >= 0.6 is 11.6 Å². The second kappa shape index (κ2) is 6.55. The van der Waals surface area contributed by atoms with Crippen molar-refractivity contribution in [3.8, 4) is 0 Å². The number of carbonyl (C=O) groups excluding carboxylic acids is 1. The summed E-state index contributed by atoms with van der Waals surface area (Å²) in [5, 5.41) is 3.25. The molecule has 0 radical (unpaired) electrons. The first-order chi connectivity index (χ1) is 11.4. The molecule has 0 bridgehead atoms. The summed E-state index contributed by atoms with van der Waals surface area (Å²) >= 11 is 5.88. The zero-order valence-corrected chi connectivity index (χ0v) is 14.6.